The average Bonchev–Trinajstić information content (AvgIpc) is 2.42. The molecule has 0 unspecified atom stereocenters. The van der Waals surface area contributed by atoms with Gasteiger partial charge in [-0.05, 0) is 18.6 Å². The SMILES string of the molecule is CCCC[C@@H](c1ccc(Br)cc1F)N1CCNCC1.Cl.Cl. The Hall–Kier alpha value is 0.130. The molecule has 0 spiro atoms. The van der Waals surface area contributed by atoms with Crippen LogP contribution in [0.15, 0.2) is 22.7 Å². The van der Waals surface area contributed by atoms with Gasteiger partial charge in [-0.1, -0.05) is 41.8 Å². The molecule has 0 saturated carbocycles. The Bertz CT molecular complexity index is 415. The third kappa shape index (κ3) is 6.03. The second kappa shape index (κ2) is 10.8. The van der Waals surface area contributed by atoms with Crippen molar-refractivity contribution >= 4 is 40.7 Å². The van der Waals surface area contributed by atoms with E-state index in [9.17, 15) is 4.39 Å². The van der Waals surface area contributed by atoms with E-state index in [1.807, 2.05) is 12.1 Å². The van der Waals surface area contributed by atoms with Gasteiger partial charge >= 0.3 is 0 Å². The number of benzene rings is 1. The first-order valence-electron chi connectivity index (χ1n) is 7.12. The lowest BCUT2D eigenvalue weighted by atomic mass is 9.98. The molecule has 1 atom stereocenters. The van der Waals surface area contributed by atoms with Crippen molar-refractivity contribution in [3.8, 4) is 0 Å². The van der Waals surface area contributed by atoms with E-state index in [1.54, 1.807) is 6.07 Å². The van der Waals surface area contributed by atoms with Gasteiger partial charge in [-0.3, -0.25) is 4.90 Å². The summed E-state index contributed by atoms with van der Waals surface area (Å²) >= 11 is 3.33. The summed E-state index contributed by atoms with van der Waals surface area (Å²) in [4.78, 5) is 2.42. The van der Waals surface area contributed by atoms with Crippen molar-refractivity contribution in [2.75, 3.05) is 26.2 Å². The largest absolute Gasteiger partial charge is 0.314 e. The number of piperazine rings is 1. The summed E-state index contributed by atoms with van der Waals surface area (Å²) in [6, 6.07) is 5.67. The van der Waals surface area contributed by atoms with Gasteiger partial charge in [-0.2, -0.15) is 0 Å². The maximum atomic E-state index is 14.2. The van der Waals surface area contributed by atoms with Crippen molar-refractivity contribution in [3.05, 3.63) is 34.1 Å². The minimum atomic E-state index is -0.0889. The van der Waals surface area contributed by atoms with Gasteiger partial charge < -0.3 is 5.32 Å². The summed E-state index contributed by atoms with van der Waals surface area (Å²) in [6.45, 7) is 6.20. The van der Waals surface area contributed by atoms with Crippen LogP contribution in [0.3, 0.4) is 0 Å². The van der Waals surface area contributed by atoms with Crippen molar-refractivity contribution in [1.29, 1.82) is 0 Å². The molecular formula is C15H24BrCl2FN2. The summed E-state index contributed by atoms with van der Waals surface area (Å²) in [5.74, 6) is -0.0889. The Morgan fingerprint density at radius 2 is 1.95 bits per heavy atom. The van der Waals surface area contributed by atoms with Gasteiger partial charge in [0, 0.05) is 42.3 Å². The van der Waals surface area contributed by atoms with E-state index in [2.05, 4.69) is 33.1 Å². The number of nitrogens with zero attached hydrogens (tertiary/aromatic N) is 1. The summed E-state index contributed by atoms with van der Waals surface area (Å²) in [5.41, 5.74) is 0.846. The zero-order valence-electron chi connectivity index (χ0n) is 12.3. The standard InChI is InChI=1S/C15H22BrFN2.2ClH/c1-2-3-4-15(19-9-7-18-8-10-19)13-6-5-12(16)11-14(13)17;;/h5-6,11,15,18H,2-4,7-10H2,1H3;2*1H/t15-;;/m0../s1. The van der Waals surface area contributed by atoms with Crippen LogP contribution < -0.4 is 5.32 Å². The van der Waals surface area contributed by atoms with E-state index in [1.165, 1.54) is 0 Å². The lowest BCUT2D eigenvalue weighted by molar-refractivity contribution is 0.160. The molecule has 0 amide bonds. The Morgan fingerprint density at radius 3 is 2.52 bits per heavy atom. The van der Waals surface area contributed by atoms with Crippen LogP contribution in [0, 0.1) is 5.82 Å². The fourth-order valence-corrected chi connectivity index (χ4v) is 3.03. The number of rotatable bonds is 5. The summed E-state index contributed by atoms with van der Waals surface area (Å²) in [6.07, 6.45) is 3.33. The highest BCUT2D eigenvalue weighted by Gasteiger charge is 2.24. The molecule has 1 fully saturated rings. The predicted molar refractivity (Wildman–Crippen MR) is 95.3 cm³/mol. The second-order valence-corrected chi connectivity index (χ2v) is 6.03. The molecule has 1 heterocycles. The Morgan fingerprint density at radius 1 is 1.29 bits per heavy atom. The predicted octanol–water partition coefficient (Wildman–Crippen LogP) is 4.57. The molecule has 6 heteroatoms. The quantitative estimate of drug-likeness (QED) is 0.777. The smallest absolute Gasteiger partial charge is 0.129 e. The minimum Gasteiger partial charge on any atom is -0.314 e. The average molecular weight is 402 g/mol. The minimum absolute atomic E-state index is 0. The molecule has 0 bridgehead atoms. The van der Waals surface area contributed by atoms with E-state index in [0.29, 0.717) is 0 Å². The molecule has 122 valence electrons. The maximum Gasteiger partial charge on any atom is 0.129 e. The van der Waals surface area contributed by atoms with E-state index in [-0.39, 0.29) is 36.7 Å². The molecule has 1 N–H and O–H groups in total. The number of halogens is 4. The number of nitrogens with one attached hydrogen (secondary N) is 1. The Kier molecular flexibility index (Phi) is 10.9. The summed E-state index contributed by atoms with van der Waals surface area (Å²) < 4.78 is 15.0. The molecule has 1 aliphatic rings. The Labute approximate surface area is 147 Å². The molecule has 1 aromatic rings. The fourth-order valence-electron chi connectivity index (χ4n) is 2.70. The molecule has 2 nitrogen and oxygen atoms in total. The normalized spacial score (nSPS) is 16.7. The fraction of sp³-hybridized carbons (Fsp3) is 0.600. The third-order valence-electron chi connectivity index (χ3n) is 3.74. The number of hydrogen-bond acceptors (Lipinski definition) is 2. The van der Waals surface area contributed by atoms with Gasteiger partial charge in [0.2, 0.25) is 0 Å². The Balaban J connectivity index is 0.00000200. The first-order valence-corrected chi connectivity index (χ1v) is 7.91. The van der Waals surface area contributed by atoms with Gasteiger partial charge in [0.05, 0.1) is 0 Å². The van der Waals surface area contributed by atoms with Crippen molar-refractivity contribution in [2.24, 2.45) is 0 Å². The number of unbranched alkanes of at least 4 members (excludes halogenated alkanes) is 1. The molecular weight excluding hydrogens is 378 g/mol. The van der Waals surface area contributed by atoms with Crippen molar-refractivity contribution < 1.29 is 4.39 Å². The molecule has 21 heavy (non-hydrogen) atoms. The van der Waals surface area contributed by atoms with Crippen LogP contribution in [-0.2, 0) is 0 Å². The van der Waals surface area contributed by atoms with Crippen LogP contribution in [0.1, 0.15) is 37.8 Å². The van der Waals surface area contributed by atoms with E-state index >= 15 is 0 Å². The highest BCUT2D eigenvalue weighted by Crippen LogP contribution is 2.30. The molecule has 1 aromatic carbocycles. The van der Waals surface area contributed by atoms with E-state index in [4.69, 9.17) is 0 Å². The highest BCUT2D eigenvalue weighted by molar-refractivity contribution is 9.10. The summed E-state index contributed by atoms with van der Waals surface area (Å²) in [5, 5.41) is 3.36. The van der Waals surface area contributed by atoms with Crippen molar-refractivity contribution in [1.82, 2.24) is 10.2 Å². The monoisotopic (exact) mass is 400 g/mol. The second-order valence-electron chi connectivity index (χ2n) is 5.11. The van der Waals surface area contributed by atoms with Crippen molar-refractivity contribution in [3.63, 3.8) is 0 Å². The molecule has 2 rings (SSSR count). The van der Waals surface area contributed by atoms with Crippen LogP contribution in [0.4, 0.5) is 4.39 Å². The van der Waals surface area contributed by atoms with Gasteiger partial charge in [0.1, 0.15) is 5.82 Å². The van der Waals surface area contributed by atoms with Gasteiger partial charge in [-0.15, -0.1) is 24.8 Å². The maximum absolute atomic E-state index is 14.2. The molecule has 0 aromatic heterocycles. The summed E-state index contributed by atoms with van der Waals surface area (Å²) in [7, 11) is 0. The molecule has 0 aliphatic carbocycles. The van der Waals surface area contributed by atoms with Crippen molar-refractivity contribution in [2.45, 2.75) is 32.2 Å². The lowest BCUT2D eigenvalue weighted by Gasteiger charge is -2.35. The molecule has 0 radical (unpaired) electrons. The van der Waals surface area contributed by atoms with Crippen LogP contribution in [-0.4, -0.2) is 31.1 Å². The van der Waals surface area contributed by atoms with Crippen LogP contribution in [0.25, 0.3) is 0 Å². The molecule has 1 saturated heterocycles. The first-order chi connectivity index (χ1) is 9.22. The van der Waals surface area contributed by atoms with E-state index in [0.717, 1.165) is 55.5 Å². The van der Waals surface area contributed by atoms with Gasteiger partial charge in [0.25, 0.3) is 0 Å². The number of hydrogen-bond donors (Lipinski definition) is 1. The zero-order valence-corrected chi connectivity index (χ0v) is 15.5. The van der Waals surface area contributed by atoms with Gasteiger partial charge in [0.15, 0.2) is 0 Å². The van der Waals surface area contributed by atoms with Crippen LogP contribution in [0.5, 0.6) is 0 Å². The highest BCUT2D eigenvalue weighted by atomic mass is 79.9. The topological polar surface area (TPSA) is 15.3 Å². The lowest BCUT2D eigenvalue weighted by Crippen LogP contribution is -2.45. The van der Waals surface area contributed by atoms with E-state index < -0.39 is 0 Å². The molecule has 1 aliphatic heterocycles. The van der Waals surface area contributed by atoms with Crippen LogP contribution >= 0.6 is 40.7 Å². The first kappa shape index (κ1) is 21.1. The van der Waals surface area contributed by atoms with Gasteiger partial charge in [-0.25, -0.2) is 4.39 Å². The van der Waals surface area contributed by atoms with Crippen LogP contribution in [0.2, 0.25) is 0 Å². The third-order valence-corrected chi connectivity index (χ3v) is 4.24. The zero-order chi connectivity index (χ0) is 13.7.